The summed E-state index contributed by atoms with van der Waals surface area (Å²) in [7, 11) is 0. The molecular formula is C12H13NO. The van der Waals surface area contributed by atoms with Gasteiger partial charge in [-0.25, -0.2) is 0 Å². The maximum absolute atomic E-state index is 11.6. The van der Waals surface area contributed by atoms with Crippen LogP contribution in [0.3, 0.4) is 0 Å². The molecule has 1 atom stereocenters. The number of Topliss-reactive ketones (excluding diaryl/α,β-unsaturated/α-hetero) is 1. The van der Waals surface area contributed by atoms with E-state index in [1.165, 1.54) is 0 Å². The molecule has 1 unspecified atom stereocenters. The molecule has 72 valence electrons. The molecule has 0 amide bonds. The summed E-state index contributed by atoms with van der Waals surface area (Å²) in [6.07, 6.45) is 0.388. The van der Waals surface area contributed by atoms with E-state index < -0.39 is 5.41 Å². The highest BCUT2D eigenvalue weighted by atomic mass is 16.1. The molecule has 0 heterocycles. The van der Waals surface area contributed by atoms with Gasteiger partial charge >= 0.3 is 0 Å². The van der Waals surface area contributed by atoms with Crippen molar-refractivity contribution in [1.29, 1.82) is 5.26 Å². The fourth-order valence-electron chi connectivity index (χ4n) is 1.41. The molecule has 2 nitrogen and oxygen atoms in total. The molecule has 0 aliphatic carbocycles. The van der Waals surface area contributed by atoms with Crippen molar-refractivity contribution in [3.63, 3.8) is 0 Å². The summed E-state index contributed by atoms with van der Waals surface area (Å²) in [6.45, 7) is 3.45. The predicted octanol–water partition coefficient (Wildman–Crippen LogP) is 2.45. The zero-order chi connectivity index (χ0) is 10.6. The lowest BCUT2D eigenvalue weighted by Crippen LogP contribution is -2.30. The number of hydrogen-bond acceptors (Lipinski definition) is 2. The molecular weight excluding hydrogens is 174 g/mol. The third-order valence-corrected chi connectivity index (χ3v) is 2.45. The minimum atomic E-state index is -0.990. The van der Waals surface area contributed by atoms with Crippen LogP contribution in [0.1, 0.15) is 25.8 Å². The van der Waals surface area contributed by atoms with Crippen LogP contribution < -0.4 is 0 Å². The van der Waals surface area contributed by atoms with Crippen LogP contribution in [0.2, 0.25) is 0 Å². The van der Waals surface area contributed by atoms with E-state index in [0.29, 0.717) is 6.42 Å². The van der Waals surface area contributed by atoms with Crippen LogP contribution in [0.5, 0.6) is 0 Å². The highest BCUT2D eigenvalue weighted by molar-refractivity contribution is 5.92. The van der Waals surface area contributed by atoms with Crippen LogP contribution in [0, 0.1) is 11.3 Å². The van der Waals surface area contributed by atoms with Gasteiger partial charge in [-0.1, -0.05) is 37.3 Å². The van der Waals surface area contributed by atoms with E-state index in [2.05, 4.69) is 6.07 Å². The van der Waals surface area contributed by atoms with Crippen LogP contribution in [-0.2, 0) is 10.2 Å². The molecule has 2 heteroatoms. The molecule has 1 rings (SSSR count). The molecule has 0 aliphatic rings. The summed E-state index contributed by atoms with van der Waals surface area (Å²) in [5.41, 5.74) is -0.218. The number of benzene rings is 1. The van der Waals surface area contributed by atoms with Crippen molar-refractivity contribution in [1.82, 2.24) is 0 Å². The molecule has 0 bridgehead atoms. The molecule has 0 saturated carbocycles. The highest BCUT2D eigenvalue weighted by Gasteiger charge is 2.33. The van der Waals surface area contributed by atoms with Crippen molar-refractivity contribution in [2.24, 2.45) is 0 Å². The zero-order valence-electron chi connectivity index (χ0n) is 8.45. The summed E-state index contributed by atoms with van der Waals surface area (Å²) in [5.74, 6) is -0.0359. The van der Waals surface area contributed by atoms with Crippen LogP contribution in [0.25, 0.3) is 0 Å². The maximum Gasteiger partial charge on any atom is 0.156 e. The first kappa shape index (κ1) is 10.5. The maximum atomic E-state index is 11.6. The molecule has 14 heavy (non-hydrogen) atoms. The van der Waals surface area contributed by atoms with E-state index >= 15 is 0 Å². The van der Waals surface area contributed by atoms with E-state index in [1.54, 1.807) is 13.8 Å². The van der Waals surface area contributed by atoms with Crippen molar-refractivity contribution >= 4 is 5.78 Å². The zero-order valence-corrected chi connectivity index (χ0v) is 8.45. The largest absolute Gasteiger partial charge is 0.298 e. The Balaban J connectivity index is 3.17. The van der Waals surface area contributed by atoms with Gasteiger partial charge in [-0.2, -0.15) is 5.26 Å². The number of carbonyl (C=O) groups is 1. The number of carbonyl (C=O) groups excluding carboxylic acids is 1. The average Bonchev–Trinajstić information content (AvgIpc) is 2.28. The number of nitriles is 1. The van der Waals surface area contributed by atoms with Gasteiger partial charge in [0.1, 0.15) is 5.41 Å². The third kappa shape index (κ3) is 1.67. The second kappa shape index (κ2) is 4.06. The first-order valence-electron chi connectivity index (χ1n) is 4.65. The Hall–Kier alpha value is -1.62. The number of ketones is 1. The minimum absolute atomic E-state index is 0.0359. The summed E-state index contributed by atoms with van der Waals surface area (Å²) in [6, 6.07) is 11.3. The van der Waals surface area contributed by atoms with Crippen LogP contribution in [0.4, 0.5) is 0 Å². The van der Waals surface area contributed by atoms with Crippen molar-refractivity contribution in [2.45, 2.75) is 25.7 Å². The van der Waals surface area contributed by atoms with Gasteiger partial charge in [-0.05, 0) is 12.5 Å². The minimum Gasteiger partial charge on any atom is -0.298 e. The number of nitrogens with zero attached hydrogens (tertiary/aromatic N) is 1. The molecule has 0 fully saturated rings. The van der Waals surface area contributed by atoms with Gasteiger partial charge < -0.3 is 0 Å². The van der Waals surface area contributed by atoms with E-state index in [9.17, 15) is 4.79 Å². The lowest BCUT2D eigenvalue weighted by atomic mass is 9.79. The average molecular weight is 187 g/mol. The summed E-state index contributed by atoms with van der Waals surface area (Å²) < 4.78 is 0. The molecule has 0 saturated heterocycles. The summed E-state index contributed by atoms with van der Waals surface area (Å²) in [5, 5.41) is 9.07. The Bertz CT molecular complexity index is 364. The molecule has 0 N–H and O–H groups in total. The van der Waals surface area contributed by atoms with Crippen LogP contribution >= 0.6 is 0 Å². The van der Waals surface area contributed by atoms with Crippen molar-refractivity contribution in [2.75, 3.05) is 0 Å². The topological polar surface area (TPSA) is 40.9 Å². The number of rotatable bonds is 3. The molecule has 1 aromatic carbocycles. The van der Waals surface area contributed by atoms with Crippen molar-refractivity contribution in [3.8, 4) is 6.07 Å². The molecule has 0 radical (unpaired) electrons. The lowest BCUT2D eigenvalue weighted by Gasteiger charge is -2.19. The standard InChI is InChI=1S/C12H13NO/c1-3-11(14)12(2,9-13)10-7-5-4-6-8-10/h4-8H,3H2,1-2H3. The van der Waals surface area contributed by atoms with Gasteiger partial charge in [-0.15, -0.1) is 0 Å². The highest BCUT2D eigenvalue weighted by Crippen LogP contribution is 2.24. The normalized spacial score (nSPS) is 14.1. The first-order valence-corrected chi connectivity index (χ1v) is 4.65. The van der Waals surface area contributed by atoms with Gasteiger partial charge in [0, 0.05) is 6.42 Å². The van der Waals surface area contributed by atoms with E-state index in [0.717, 1.165) is 5.56 Å². The Labute approximate surface area is 84.2 Å². The second-order valence-corrected chi connectivity index (χ2v) is 3.38. The monoisotopic (exact) mass is 187 g/mol. The summed E-state index contributed by atoms with van der Waals surface area (Å²) >= 11 is 0. The van der Waals surface area contributed by atoms with Crippen molar-refractivity contribution in [3.05, 3.63) is 35.9 Å². The van der Waals surface area contributed by atoms with Crippen LogP contribution in [0.15, 0.2) is 30.3 Å². The molecule has 0 aromatic heterocycles. The molecule has 0 spiro atoms. The Morgan fingerprint density at radius 2 is 2.00 bits per heavy atom. The van der Waals surface area contributed by atoms with Gasteiger partial charge in [0.15, 0.2) is 5.78 Å². The van der Waals surface area contributed by atoms with Crippen molar-refractivity contribution < 1.29 is 4.79 Å². The fraction of sp³-hybridized carbons (Fsp3) is 0.333. The lowest BCUT2D eigenvalue weighted by molar-refractivity contribution is -0.121. The Morgan fingerprint density at radius 1 is 1.43 bits per heavy atom. The Kier molecular flexibility index (Phi) is 3.03. The van der Waals surface area contributed by atoms with E-state index in [4.69, 9.17) is 5.26 Å². The second-order valence-electron chi connectivity index (χ2n) is 3.38. The van der Waals surface area contributed by atoms with E-state index in [-0.39, 0.29) is 5.78 Å². The molecule has 0 aliphatic heterocycles. The predicted molar refractivity (Wildman–Crippen MR) is 54.7 cm³/mol. The first-order chi connectivity index (χ1) is 6.65. The Morgan fingerprint density at radius 3 is 2.43 bits per heavy atom. The van der Waals surface area contributed by atoms with Gasteiger partial charge in [-0.3, -0.25) is 4.79 Å². The van der Waals surface area contributed by atoms with Gasteiger partial charge in [0.05, 0.1) is 6.07 Å². The molecule has 1 aromatic rings. The SMILES string of the molecule is CCC(=O)C(C)(C#N)c1ccccc1. The van der Waals surface area contributed by atoms with Gasteiger partial charge in [0.25, 0.3) is 0 Å². The quantitative estimate of drug-likeness (QED) is 0.729. The summed E-state index contributed by atoms with van der Waals surface area (Å²) in [4.78, 5) is 11.6. The number of hydrogen-bond donors (Lipinski definition) is 0. The smallest absolute Gasteiger partial charge is 0.156 e. The third-order valence-electron chi connectivity index (χ3n) is 2.45. The fourth-order valence-corrected chi connectivity index (χ4v) is 1.41. The van der Waals surface area contributed by atoms with E-state index in [1.807, 2.05) is 30.3 Å². The van der Waals surface area contributed by atoms with Gasteiger partial charge in [0.2, 0.25) is 0 Å². The van der Waals surface area contributed by atoms with Crippen LogP contribution in [-0.4, -0.2) is 5.78 Å².